The largest absolute Gasteiger partial charge is 0.388 e. The number of hydrogen-bond donors (Lipinski definition) is 1. The van der Waals surface area contributed by atoms with Gasteiger partial charge in [-0.25, -0.2) is 4.39 Å². The molecule has 0 saturated carbocycles. The Kier molecular flexibility index (Phi) is 5.93. The maximum absolute atomic E-state index is 12.9. The van der Waals surface area contributed by atoms with Crippen LogP contribution >= 0.6 is 0 Å². The molecule has 1 nitrogen and oxygen atoms in total. The topological polar surface area (TPSA) is 12.0 Å². The fourth-order valence-electron chi connectivity index (χ4n) is 1.45. The minimum atomic E-state index is -0.150. The fourth-order valence-corrected chi connectivity index (χ4v) is 1.45. The summed E-state index contributed by atoms with van der Waals surface area (Å²) in [6.45, 7) is 7.93. The molecule has 0 amide bonds. The molecule has 2 heteroatoms. The van der Waals surface area contributed by atoms with Crippen molar-refractivity contribution in [2.75, 3.05) is 12.4 Å². The number of halogens is 1. The molecule has 14 heavy (non-hydrogen) atoms. The number of nitrogens with one attached hydrogen (secondary N) is 1. The van der Waals surface area contributed by atoms with Crippen LogP contribution in [-0.2, 0) is 6.42 Å². The Hall–Kier alpha value is -1.05. The molecular formula is C12H20FN. The summed E-state index contributed by atoms with van der Waals surface area (Å²) in [4.78, 5) is 0. The summed E-state index contributed by atoms with van der Waals surface area (Å²) in [5.74, 6) is -0.150. The number of aryl methyl sites for hydroxylation is 2. The maximum Gasteiger partial charge on any atom is 0.123 e. The first-order chi connectivity index (χ1) is 6.69. The van der Waals surface area contributed by atoms with Crippen LogP contribution in [0.15, 0.2) is 12.1 Å². The summed E-state index contributed by atoms with van der Waals surface area (Å²) in [5, 5.41) is 3.08. The van der Waals surface area contributed by atoms with Crippen molar-refractivity contribution in [3.8, 4) is 0 Å². The molecule has 0 aliphatic carbocycles. The van der Waals surface area contributed by atoms with Crippen molar-refractivity contribution >= 4 is 5.69 Å². The Bertz CT molecular complexity index is 282. The van der Waals surface area contributed by atoms with E-state index >= 15 is 0 Å². The third-order valence-electron chi connectivity index (χ3n) is 2.01. The zero-order valence-electron chi connectivity index (χ0n) is 9.74. The van der Waals surface area contributed by atoms with E-state index in [0.717, 1.165) is 23.2 Å². The van der Waals surface area contributed by atoms with Crippen LogP contribution in [0.25, 0.3) is 0 Å². The lowest BCUT2D eigenvalue weighted by molar-refractivity contribution is 0.624. The number of anilines is 1. The highest BCUT2D eigenvalue weighted by atomic mass is 19.1. The number of rotatable bonds is 2. The van der Waals surface area contributed by atoms with Gasteiger partial charge in [0.1, 0.15) is 5.82 Å². The van der Waals surface area contributed by atoms with Crippen molar-refractivity contribution in [2.24, 2.45) is 0 Å². The summed E-state index contributed by atoms with van der Waals surface area (Å²) >= 11 is 0. The average molecular weight is 197 g/mol. The molecule has 1 N–H and O–H groups in total. The van der Waals surface area contributed by atoms with Gasteiger partial charge in [0, 0.05) is 12.7 Å². The highest BCUT2D eigenvalue weighted by Gasteiger charge is 2.04. The molecule has 0 atom stereocenters. The zero-order valence-corrected chi connectivity index (χ0v) is 9.74. The predicted molar refractivity (Wildman–Crippen MR) is 61.4 cm³/mol. The fraction of sp³-hybridized carbons (Fsp3) is 0.500. The van der Waals surface area contributed by atoms with E-state index in [2.05, 4.69) is 5.32 Å². The third-order valence-corrected chi connectivity index (χ3v) is 2.01. The second-order valence-corrected chi connectivity index (χ2v) is 2.86. The molecule has 0 fully saturated rings. The van der Waals surface area contributed by atoms with Crippen LogP contribution in [0.2, 0.25) is 0 Å². The Morgan fingerprint density at radius 2 is 1.86 bits per heavy atom. The SMILES string of the molecule is CC.CCc1cc(F)cc(C)c1NC. The predicted octanol–water partition coefficient (Wildman–Crippen LogP) is 3.76. The molecule has 0 spiro atoms. The van der Waals surface area contributed by atoms with Gasteiger partial charge >= 0.3 is 0 Å². The summed E-state index contributed by atoms with van der Waals surface area (Å²) in [5.41, 5.74) is 3.06. The normalized spacial score (nSPS) is 9.00. The van der Waals surface area contributed by atoms with Crippen molar-refractivity contribution in [3.05, 3.63) is 29.1 Å². The molecule has 1 rings (SSSR count). The van der Waals surface area contributed by atoms with E-state index in [1.165, 1.54) is 0 Å². The second kappa shape index (κ2) is 6.41. The van der Waals surface area contributed by atoms with E-state index in [4.69, 9.17) is 0 Å². The van der Waals surface area contributed by atoms with Crippen LogP contribution in [0.3, 0.4) is 0 Å². The quantitative estimate of drug-likeness (QED) is 0.761. The van der Waals surface area contributed by atoms with Crippen LogP contribution in [0.5, 0.6) is 0 Å². The molecule has 0 radical (unpaired) electrons. The Balaban J connectivity index is 0.000000791. The van der Waals surface area contributed by atoms with Gasteiger partial charge in [0.15, 0.2) is 0 Å². The van der Waals surface area contributed by atoms with E-state index < -0.39 is 0 Å². The standard InChI is InChI=1S/C10H14FN.C2H6/c1-4-8-6-9(11)5-7(2)10(8)12-3;1-2/h5-6,12H,4H2,1-3H3;1-2H3. The van der Waals surface area contributed by atoms with E-state index in [9.17, 15) is 4.39 Å². The van der Waals surface area contributed by atoms with Gasteiger partial charge in [-0.1, -0.05) is 20.8 Å². The highest BCUT2D eigenvalue weighted by molar-refractivity contribution is 5.57. The first-order valence-corrected chi connectivity index (χ1v) is 5.15. The van der Waals surface area contributed by atoms with Gasteiger partial charge in [-0.2, -0.15) is 0 Å². The third kappa shape index (κ3) is 3.02. The number of hydrogen-bond acceptors (Lipinski definition) is 1. The van der Waals surface area contributed by atoms with Gasteiger partial charge < -0.3 is 5.32 Å². The van der Waals surface area contributed by atoms with Crippen molar-refractivity contribution in [1.82, 2.24) is 0 Å². The second-order valence-electron chi connectivity index (χ2n) is 2.86. The Labute approximate surface area is 86.3 Å². The van der Waals surface area contributed by atoms with Crippen molar-refractivity contribution in [2.45, 2.75) is 34.1 Å². The van der Waals surface area contributed by atoms with Crippen LogP contribution in [-0.4, -0.2) is 7.05 Å². The molecular weight excluding hydrogens is 177 g/mol. The molecule has 80 valence electrons. The molecule has 0 saturated heterocycles. The molecule has 1 aromatic carbocycles. The van der Waals surface area contributed by atoms with Crippen LogP contribution in [0.1, 0.15) is 31.9 Å². The number of benzene rings is 1. The van der Waals surface area contributed by atoms with Gasteiger partial charge in [-0.15, -0.1) is 0 Å². The van der Waals surface area contributed by atoms with Crippen LogP contribution in [0.4, 0.5) is 10.1 Å². The van der Waals surface area contributed by atoms with Gasteiger partial charge in [-0.05, 0) is 36.6 Å². The molecule has 0 aliphatic rings. The highest BCUT2D eigenvalue weighted by Crippen LogP contribution is 2.21. The van der Waals surface area contributed by atoms with Crippen LogP contribution in [0, 0.1) is 12.7 Å². The summed E-state index contributed by atoms with van der Waals surface area (Å²) in [6, 6.07) is 3.13. The maximum atomic E-state index is 12.9. The molecule has 0 aromatic heterocycles. The van der Waals surface area contributed by atoms with Gasteiger partial charge in [-0.3, -0.25) is 0 Å². The summed E-state index contributed by atoms with van der Waals surface area (Å²) in [6.07, 6.45) is 0.856. The van der Waals surface area contributed by atoms with Gasteiger partial charge in [0.05, 0.1) is 0 Å². The van der Waals surface area contributed by atoms with Crippen molar-refractivity contribution in [1.29, 1.82) is 0 Å². The molecule has 0 aliphatic heterocycles. The monoisotopic (exact) mass is 197 g/mol. The van der Waals surface area contributed by atoms with Crippen LogP contribution < -0.4 is 5.32 Å². The Morgan fingerprint density at radius 1 is 1.29 bits per heavy atom. The van der Waals surface area contributed by atoms with E-state index in [-0.39, 0.29) is 5.82 Å². The molecule has 0 bridgehead atoms. The zero-order chi connectivity index (χ0) is 11.1. The summed E-state index contributed by atoms with van der Waals surface area (Å²) in [7, 11) is 1.86. The average Bonchev–Trinajstić information content (AvgIpc) is 2.19. The Morgan fingerprint density at radius 3 is 2.29 bits per heavy atom. The van der Waals surface area contributed by atoms with Gasteiger partial charge in [0.25, 0.3) is 0 Å². The molecule has 0 unspecified atom stereocenters. The van der Waals surface area contributed by atoms with Crippen molar-refractivity contribution in [3.63, 3.8) is 0 Å². The smallest absolute Gasteiger partial charge is 0.123 e. The molecule has 1 aromatic rings. The van der Waals surface area contributed by atoms with E-state index in [0.29, 0.717) is 0 Å². The van der Waals surface area contributed by atoms with Gasteiger partial charge in [0.2, 0.25) is 0 Å². The lowest BCUT2D eigenvalue weighted by Crippen LogP contribution is -1.98. The molecule has 0 heterocycles. The van der Waals surface area contributed by atoms with E-state index in [1.807, 2.05) is 34.7 Å². The minimum absolute atomic E-state index is 0.150. The van der Waals surface area contributed by atoms with Crippen molar-refractivity contribution < 1.29 is 4.39 Å². The first-order valence-electron chi connectivity index (χ1n) is 5.15. The summed E-state index contributed by atoms with van der Waals surface area (Å²) < 4.78 is 12.9. The lowest BCUT2D eigenvalue weighted by Gasteiger charge is -2.10. The first kappa shape index (κ1) is 12.9. The minimum Gasteiger partial charge on any atom is -0.388 e. The lowest BCUT2D eigenvalue weighted by atomic mass is 10.1. The van der Waals surface area contributed by atoms with E-state index in [1.54, 1.807) is 12.1 Å².